The average Bonchev–Trinajstić information content (AvgIpc) is 2.31. The van der Waals surface area contributed by atoms with Crippen molar-refractivity contribution < 1.29 is 19.1 Å². The molecule has 0 aromatic heterocycles. The lowest BCUT2D eigenvalue weighted by molar-refractivity contribution is -0.121. The summed E-state index contributed by atoms with van der Waals surface area (Å²) in [5.74, 6) is 0.0189. The van der Waals surface area contributed by atoms with Crippen LogP contribution in [0.1, 0.15) is 13.3 Å². The Morgan fingerprint density at radius 2 is 1.88 bits per heavy atom. The molecule has 0 saturated heterocycles. The zero-order valence-corrected chi connectivity index (χ0v) is 10.6. The van der Waals surface area contributed by atoms with Crippen LogP contribution in [0.25, 0.3) is 0 Å². The average molecular weight is 249 g/mol. The number of hydrogen-bond donors (Lipinski definition) is 1. The van der Waals surface area contributed by atoms with Crippen molar-refractivity contribution >= 4 is 22.8 Å². The van der Waals surface area contributed by atoms with Crippen LogP contribution in [0.2, 0.25) is 0 Å². The number of nitrogens with one attached hydrogen (secondary N) is 1. The van der Waals surface area contributed by atoms with Crippen molar-refractivity contribution in [3.63, 3.8) is 0 Å². The van der Waals surface area contributed by atoms with E-state index in [0.29, 0.717) is 32.8 Å². The van der Waals surface area contributed by atoms with E-state index in [-0.39, 0.29) is 17.6 Å². The fourth-order valence-corrected chi connectivity index (χ4v) is 1.02. The summed E-state index contributed by atoms with van der Waals surface area (Å²) in [6.07, 6.45) is 2.21. The first kappa shape index (κ1) is 15.4. The highest BCUT2D eigenvalue weighted by molar-refractivity contribution is 8.13. The molecule has 0 aliphatic heterocycles. The molecular formula is C10H19NO4S. The molecule has 6 heteroatoms. The first-order valence-corrected chi connectivity index (χ1v) is 6.42. The van der Waals surface area contributed by atoms with Gasteiger partial charge in [-0.2, -0.15) is 0 Å². The summed E-state index contributed by atoms with van der Waals surface area (Å²) < 4.78 is 10.2. The number of thioether (sulfide) groups is 1. The minimum atomic E-state index is 0.00945. The molecule has 94 valence electrons. The molecule has 0 atom stereocenters. The van der Waals surface area contributed by atoms with Gasteiger partial charge in [0.1, 0.15) is 6.61 Å². The monoisotopic (exact) mass is 249 g/mol. The Morgan fingerprint density at radius 1 is 1.19 bits per heavy atom. The van der Waals surface area contributed by atoms with Gasteiger partial charge < -0.3 is 14.8 Å². The molecule has 16 heavy (non-hydrogen) atoms. The van der Waals surface area contributed by atoms with Crippen LogP contribution < -0.4 is 5.32 Å². The van der Waals surface area contributed by atoms with E-state index < -0.39 is 0 Å². The van der Waals surface area contributed by atoms with Crippen LogP contribution in [0.4, 0.5) is 0 Å². The highest BCUT2D eigenvalue weighted by Crippen LogP contribution is 1.94. The smallest absolute Gasteiger partial charge is 0.219 e. The van der Waals surface area contributed by atoms with E-state index in [1.165, 1.54) is 0 Å². The standard InChI is InChI=1S/C10H19NO4S/c1-3-9(12)11-4-5-14-6-7-15-8-10(13)16-2/h3-8H2,1-2H3,(H,11,12). The van der Waals surface area contributed by atoms with Crippen LogP contribution in [0.5, 0.6) is 0 Å². The van der Waals surface area contributed by atoms with Crippen molar-refractivity contribution in [1.82, 2.24) is 5.32 Å². The predicted octanol–water partition coefficient (Wildman–Crippen LogP) is 0.435. The van der Waals surface area contributed by atoms with E-state index in [1.54, 1.807) is 13.2 Å². The van der Waals surface area contributed by atoms with Crippen molar-refractivity contribution in [2.24, 2.45) is 0 Å². The van der Waals surface area contributed by atoms with Crippen molar-refractivity contribution in [3.05, 3.63) is 0 Å². The number of ether oxygens (including phenoxy) is 2. The molecule has 0 aromatic rings. The Hall–Kier alpha value is -0.590. The molecule has 1 amide bonds. The second-order valence-corrected chi connectivity index (χ2v) is 3.81. The van der Waals surface area contributed by atoms with Gasteiger partial charge in [0, 0.05) is 13.0 Å². The van der Waals surface area contributed by atoms with Crippen LogP contribution in [0.15, 0.2) is 0 Å². The maximum atomic E-state index is 10.8. The molecular weight excluding hydrogens is 230 g/mol. The molecule has 0 saturated carbocycles. The number of carbonyl (C=O) groups is 2. The largest absolute Gasteiger partial charge is 0.377 e. The Morgan fingerprint density at radius 3 is 2.50 bits per heavy atom. The van der Waals surface area contributed by atoms with E-state index in [0.717, 1.165) is 11.8 Å². The minimum Gasteiger partial charge on any atom is -0.377 e. The molecule has 5 nitrogen and oxygen atoms in total. The molecule has 0 aliphatic carbocycles. The van der Waals surface area contributed by atoms with Gasteiger partial charge in [-0.05, 0) is 6.26 Å². The summed E-state index contributed by atoms with van der Waals surface area (Å²) in [4.78, 5) is 21.6. The predicted molar refractivity (Wildman–Crippen MR) is 63.5 cm³/mol. The molecule has 0 heterocycles. The Kier molecular flexibility index (Phi) is 10.5. The highest BCUT2D eigenvalue weighted by Gasteiger charge is 1.98. The van der Waals surface area contributed by atoms with Crippen molar-refractivity contribution in [2.45, 2.75) is 13.3 Å². The van der Waals surface area contributed by atoms with Crippen LogP contribution in [0.3, 0.4) is 0 Å². The Labute approximate surface area is 100 Å². The van der Waals surface area contributed by atoms with Gasteiger partial charge in [0.25, 0.3) is 0 Å². The highest BCUT2D eigenvalue weighted by atomic mass is 32.2. The summed E-state index contributed by atoms with van der Waals surface area (Å²) in [6, 6.07) is 0. The van der Waals surface area contributed by atoms with Gasteiger partial charge in [0.05, 0.1) is 19.8 Å². The Bertz CT molecular complexity index is 189. The van der Waals surface area contributed by atoms with Crippen molar-refractivity contribution in [2.75, 3.05) is 39.2 Å². The molecule has 0 bridgehead atoms. The third-order valence-electron chi connectivity index (χ3n) is 1.71. The van der Waals surface area contributed by atoms with E-state index in [1.807, 2.05) is 0 Å². The maximum Gasteiger partial charge on any atom is 0.219 e. The fraction of sp³-hybridized carbons (Fsp3) is 0.800. The van der Waals surface area contributed by atoms with Gasteiger partial charge in [-0.3, -0.25) is 9.59 Å². The zero-order valence-electron chi connectivity index (χ0n) is 9.78. The van der Waals surface area contributed by atoms with Crippen LogP contribution in [-0.4, -0.2) is 50.3 Å². The van der Waals surface area contributed by atoms with Crippen molar-refractivity contribution in [3.8, 4) is 0 Å². The third-order valence-corrected chi connectivity index (χ3v) is 2.28. The van der Waals surface area contributed by atoms with Crippen LogP contribution >= 0.6 is 11.8 Å². The van der Waals surface area contributed by atoms with E-state index in [4.69, 9.17) is 9.47 Å². The van der Waals surface area contributed by atoms with Gasteiger partial charge >= 0.3 is 0 Å². The summed E-state index contributed by atoms with van der Waals surface area (Å²) in [5.41, 5.74) is 0. The number of rotatable bonds is 9. The maximum absolute atomic E-state index is 10.8. The summed E-state index contributed by atoms with van der Waals surface area (Å²) in [7, 11) is 0. The Balaban J connectivity index is 3.10. The first-order valence-electron chi connectivity index (χ1n) is 5.19. The van der Waals surface area contributed by atoms with Gasteiger partial charge in [-0.1, -0.05) is 18.7 Å². The summed E-state index contributed by atoms with van der Waals surface area (Å²) in [6.45, 7) is 3.73. The van der Waals surface area contributed by atoms with Crippen LogP contribution in [0, 0.1) is 0 Å². The van der Waals surface area contributed by atoms with Gasteiger partial charge in [0.15, 0.2) is 0 Å². The lowest BCUT2D eigenvalue weighted by Crippen LogP contribution is -2.26. The molecule has 0 aliphatic rings. The van der Waals surface area contributed by atoms with Crippen LogP contribution in [-0.2, 0) is 19.1 Å². The number of carbonyl (C=O) groups excluding carboxylic acids is 2. The second-order valence-electron chi connectivity index (χ2n) is 2.94. The zero-order chi connectivity index (χ0) is 12.2. The summed E-state index contributed by atoms with van der Waals surface area (Å²) >= 11 is 1.15. The lowest BCUT2D eigenvalue weighted by atomic mass is 10.4. The van der Waals surface area contributed by atoms with E-state index >= 15 is 0 Å². The normalized spacial score (nSPS) is 10.1. The lowest BCUT2D eigenvalue weighted by Gasteiger charge is -2.05. The van der Waals surface area contributed by atoms with E-state index in [2.05, 4.69) is 5.32 Å². The molecule has 0 spiro atoms. The first-order chi connectivity index (χ1) is 7.70. The van der Waals surface area contributed by atoms with Gasteiger partial charge in [-0.15, -0.1) is 0 Å². The van der Waals surface area contributed by atoms with E-state index in [9.17, 15) is 9.59 Å². The van der Waals surface area contributed by atoms with Gasteiger partial charge in [-0.25, -0.2) is 0 Å². The van der Waals surface area contributed by atoms with Crippen molar-refractivity contribution in [1.29, 1.82) is 0 Å². The third kappa shape index (κ3) is 9.95. The molecule has 0 fully saturated rings. The topological polar surface area (TPSA) is 64.6 Å². The second kappa shape index (κ2) is 10.9. The number of amides is 1. The van der Waals surface area contributed by atoms with Gasteiger partial charge in [0.2, 0.25) is 11.0 Å². The molecule has 0 aromatic carbocycles. The number of hydrogen-bond acceptors (Lipinski definition) is 5. The molecule has 1 N–H and O–H groups in total. The molecule has 0 radical (unpaired) electrons. The summed E-state index contributed by atoms with van der Waals surface area (Å²) in [5, 5.41) is 2.70. The fourth-order valence-electron chi connectivity index (χ4n) is 0.822. The quantitative estimate of drug-likeness (QED) is 0.601. The minimum absolute atomic E-state index is 0.00945. The SMILES string of the molecule is CCC(=O)NCCOCCOCC(=O)SC. The molecule has 0 unspecified atom stereocenters. The molecule has 0 rings (SSSR count).